The van der Waals surface area contributed by atoms with Crippen LogP contribution in [0.25, 0.3) is 0 Å². The molecule has 0 aromatic heterocycles. The molecule has 0 heterocycles. The topological polar surface area (TPSA) is 79.0 Å². The first kappa shape index (κ1) is 10.6. The summed E-state index contributed by atoms with van der Waals surface area (Å²) in [5.41, 5.74) is 6.07. The maximum atomic E-state index is 11.1. The summed E-state index contributed by atoms with van der Waals surface area (Å²) >= 11 is 0.685. The Kier molecular flexibility index (Phi) is 4.00. The van der Waals surface area contributed by atoms with E-state index in [1.807, 2.05) is 30.3 Å². The van der Waals surface area contributed by atoms with Crippen LogP contribution < -0.4 is 11.1 Å². The Morgan fingerprint density at radius 3 is 2.64 bits per heavy atom. The van der Waals surface area contributed by atoms with Gasteiger partial charge < -0.3 is 11.1 Å². The minimum Gasteiger partial charge on any atom is -0.378 e. The van der Waals surface area contributed by atoms with E-state index in [9.17, 15) is 4.79 Å². The standard InChI is InChI=1S/C9H11N3OS/c10-8(11)14-9(13)12-6-7-4-2-1-3-5-7/h1-5H,6H2,(H3,10,11)(H,12,13). The Labute approximate surface area is 86.4 Å². The van der Waals surface area contributed by atoms with Gasteiger partial charge >= 0.3 is 0 Å². The number of hydrogen-bond acceptors (Lipinski definition) is 3. The van der Waals surface area contributed by atoms with Crippen LogP contribution in [-0.4, -0.2) is 10.4 Å². The molecule has 1 aromatic rings. The Morgan fingerprint density at radius 2 is 2.07 bits per heavy atom. The van der Waals surface area contributed by atoms with E-state index in [-0.39, 0.29) is 10.4 Å². The molecule has 14 heavy (non-hydrogen) atoms. The molecule has 4 N–H and O–H groups in total. The van der Waals surface area contributed by atoms with E-state index in [4.69, 9.17) is 11.1 Å². The fourth-order valence-electron chi connectivity index (χ4n) is 0.906. The highest BCUT2D eigenvalue weighted by Crippen LogP contribution is 2.02. The second-order valence-corrected chi connectivity index (χ2v) is 3.61. The summed E-state index contributed by atoms with van der Waals surface area (Å²) in [5, 5.41) is 9.02. The molecule has 4 nitrogen and oxygen atoms in total. The number of carbonyl (C=O) groups excluding carboxylic acids is 1. The summed E-state index contributed by atoms with van der Waals surface area (Å²) in [5.74, 6) is 0. The molecule has 0 bridgehead atoms. The van der Waals surface area contributed by atoms with Crippen LogP contribution in [-0.2, 0) is 6.54 Å². The van der Waals surface area contributed by atoms with Crippen molar-refractivity contribution in [2.75, 3.05) is 0 Å². The number of amides is 1. The molecule has 0 fully saturated rings. The number of carbonyl (C=O) groups is 1. The molecule has 0 aliphatic heterocycles. The van der Waals surface area contributed by atoms with Crippen LogP contribution >= 0.6 is 11.8 Å². The Morgan fingerprint density at radius 1 is 1.43 bits per heavy atom. The highest BCUT2D eigenvalue weighted by Gasteiger charge is 2.02. The van der Waals surface area contributed by atoms with Crippen LogP contribution in [0.15, 0.2) is 30.3 Å². The molecule has 0 radical (unpaired) electrons. The molecule has 0 aliphatic rings. The molecule has 0 aliphatic carbocycles. The van der Waals surface area contributed by atoms with Crippen molar-refractivity contribution in [3.63, 3.8) is 0 Å². The van der Waals surface area contributed by atoms with Gasteiger partial charge in [-0.25, -0.2) is 0 Å². The van der Waals surface area contributed by atoms with E-state index in [0.29, 0.717) is 18.3 Å². The zero-order valence-electron chi connectivity index (χ0n) is 7.49. The molecule has 1 amide bonds. The van der Waals surface area contributed by atoms with Crippen molar-refractivity contribution in [2.45, 2.75) is 6.54 Å². The van der Waals surface area contributed by atoms with Crippen molar-refractivity contribution in [1.82, 2.24) is 5.32 Å². The lowest BCUT2D eigenvalue weighted by Crippen LogP contribution is -2.21. The summed E-state index contributed by atoms with van der Waals surface area (Å²) < 4.78 is 0. The van der Waals surface area contributed by atoms with Gasteiger partial charge in [-0.1, -0.05) is 30.3 Å². The molecule has 1 aromatic carbocycles. The zero-order chi connectivity index (χ0) is 10.4. The van der Waals surface area contributed by atoms with E-state index in [1.165, 1.54) is 0 Å². The van der Waals surface area contributed by atoms with Crippen LogP contribution in [0.3, 0.4) is 0 Å². The lowest BCUT2D eigenvalue weighted by atomic mass is 10.2. The van der Waals surface area contributed by atoms with Gasteiger partial charge in [0.15, 0.2) is 5.17 Å². The Balaban J connectivity index is 2.34. The van der Waals surface area contributed by atoms with Crippen LogP contribution in [0.1, 0.15) is 5.56 Å². The van der Waals surface area contributed by atoms with E-state index < -0.39 is 0 Å². The molecule has 0 unspecified atom stereocenters. The predicted molar refractivity (Wildman–Crippen MR) is 58.2 cm³/mol. The molecule has 1 rings (SSSR count). The summed E-state index contributed by atoms with van der Waals surface area (Å²) in [4.78, 5) is 11.1. The first-order valence-electron chi connectivity index (χ1n) is 4.02. The van der Waals surface area contributed by atoms with Crippen molar-refractivity contribution >= 4 is 22.2 Å². The summed E-state index contributed by atoms with van der Waals surface area (Å²) in [6.45, 7) is 0.458. The third-order valence-corrected chi connectivity index (χ3v) is 2.03. The van der Waals surface area contributed by atoms with Gasteiger partial charge in [0.25, 0.3) is 5.24 Å². The summed E-state index contributed by atoms with van der Waals surface area (Å²) in [6, 6.07) is 9.55. The largest absolute Gasteiger partial charge is 0.378 e. The van der Waals surface area contributed by atoms with Gasteiger partial charge in [-0.3, -0.25) is 10.2 Å². The lowest BCUT2D eigenvalue weighted by molar-refractivity contribution is 0.260. The third kappa shape index (κ3) is 3.95. The van der Waals surface area contributed by atoms with E-state index in [1.54, 1.807) is 0 Å². The van der Waals surface area contributed by atoms with E-state index in [2.05, 4.69) is 5.32 Å². The van der Waals surface area contributed by atoms with Crippen molar-refractivity contribution < 1.29 is 4.79 Å². The first-order valence-corrected chi connectivity index (χ1v) is 4.84. The minimum absolute atomic E-state index is 0.199. The fraction of sp³-hybridized carbons (Fsp3) is 0.111. The SMILES string of the molecule is N=C(N)SC(=O)NCc1ccccc1. The number of nitrogens with one attached hydrogen (secondary N) is 2. The number of amidine groups is 1. The molecule has 0 atom stereocenters. The number of thioether (sulfide) groups is 1. The normalized spacial score (nSPS) is 9.43. The van der Waals surface area contributed by atoms with Crippen LogP contribution in [0.2, 0.25) is 0 Å². The molecular weight excluding hydrogens is 198 g/mol. The number of nitrogens with two attached hydrogens (primary N) is 1. The van der Waals surface area contributed by atoms with Gasteiger partial charge in [-0.15, -0.1) is 0 Å². The van der Waals surface area contributed by atoms with Crippen molar-refractivity contribution in [2.24, 2.45) is 5.73 Å². The van der Waals surface area contributed by atoms with E-state index >= 15 is 0 Å². The predicted octanol–water partition coefficient (Wildman–Crippen LogP) is 1.52. The van der Waals surface area contributed by atoms with Gasteiger partial charge in [-0.05, 0) is 5.56 Å². The molecule has 0 saturated carbocycles. The highest BCUT2D eigenvalue weighted by atomic mass is 32.2. The smallest absolute Gasteiger partial charge is 0.287 e. The third-order valence-electron chi connectivity index (χ3n) is 1.48. The maximum Gasteiger partial charge on any atom is 0.287 e. The quantitative estimate of drug-likeness (QED) is 0.510. The monoisotopic (exact) mass is 209 g/mol. The van der Waals surface area contributed by atoms with Crippen molar-refractivity contribution in [3.8, 4) is 0 Å². The Hall–Kier alpha value is -1.49. The summed E-state index contributed by atoms with van der Waals surface area (Å²) in [6.07, 6.45) is 0. The zero-order valence-corrected chi connectivity index (χ0v) is 8.30. The second-order valence-electron chi connectivity index (χ2n) is 2.59. The molecular formula is C9H11N3OS. The van der Waals surface area contributed by atoms with Crippen molar-refractivity contribution in [1.29, 1.82) is 5.41 Å². The van der Waals surface area contributed by atoms with Gasteiger partial charge in [0.1, 0.15) is 0 Å². The van der Waals surface area contributed by atoms with Crippen LogP contribution in [0, 0.1) is 5.41 Å². The van der Waals surface area contributed by atoms with Gasteiger partial charge in [-0.2, -0.15) is 0 Å². The van der Waals surface area contributed by atoms with Gasteiger partial charge in [0.2, 0.25) is 0 Å². The van der Waals surface area contributed by atoms with Crippen molar-refractivity contribution in [3.05, 3.63) is 35.9 Å². The molecule has 5 heteroatoms. The average Bonchev–Trinajstić information content (AvgIpc) is 2.15. The molecule has 0 spiro atoms. The Bertz CT molecular complexity index is 326. The number of rotatable bonds is 2. The molecule has 0 saturated heterocycles. The van der Waals surface area contributed by atoms with Crippen LogP contribution in [0.5, 0.6) is 0 Å². The highest BCUT2D eigenvalue weighted by molar-refractivity contribution is 8.26. The summed E-state index contributed by atoms with van der Waals surface area (Å²) in [7, 11) is 0. The average molecular weight is 209 g/mol. The minimum atomic E-state index is -0.304. The maximum absolute atomic E-state index is 11.1. The van der Waals surface area contributed by atoms with E-state index in [0.717, 1.165) is 5.56 Å². The second kappa shape index (κ2) is 5.29. The lowest BCUT2D eigenvalue weighted by Gasteiger charge is -2.03. The van der Waals surface area contributed by atoms with Gasteiger partial charge in [0, 0.05) is 18.3 Å². The van der Waals surface area contributed by atoms with Gasteiger partial charge in [0.05, 0.1) is 0 Å². The fourth-order valence-corrected chi connectivity index (χ4v) is 1.25. The number of hydrogen-bond donors (Lipinski definition) is 3. The first-order chi connectivity index (χ1) is 6.68. The van der Waals surface area contributed by atoms with Crippen LogP contribution in [0.4, 0.5) is 4.79 Å². The number of benzene rings is 1. The molecule has 74 valence electrons.